The van der Waals surface area contributed by atoms with Gasteiger partial charge in [0.1, 0.15) is 0 Å². The van der Waals surface area contributed by atoms with Crippen LogP contribution in [0.3, 0.4) is 0 Å². The molecule has 0 radical (unpaired) electrons. The standard InChI is InChI=1S/C62H65NSSi3/c1-61(2)33-39-65(35-13-5-14-36-65)58-42-46(29-31-52(58)61)67(57-28-18-24-51-50-23-9-12-27-56(50)64-60(51)57,47-30-32-53-59(43-47)66(37-15-6-16-38-66)40-34-62(53,3)4)45-20-17-19-44(41-45)63-54-25-10-7-21-48(54)49-22-8-11-26-55(49)63/h7-12,17-32,41-43H,5-6,13-16,33-40H2,1-4H3. The van der Waals surface area contributed by atoms with Crippen LogP contribution in [0.5, 0.6) is 0 Å². The van der Waals surface area contributed by atoms with Crippen molar-refractivity contribution in [2.24, 2.45) is 0 Å². The molecule has 6 heterocycles. The molecule has 5 heteroatoms. The Morgan fingerprint density at radius 3 is 1.52 bits per heavy atom. The molecule has 2 fully saturated rings. The number of para-hydroxylation sites is 2. The van der Waals surface area contributed by atoms with E-state index in [0.717, 1.165) is 0 Å². The summed E-state index contributed by atoms with van der Waals surface area (Å²) in [6.45, 7) is 10.2. The van der Waals surface area contributed by atoms with E-state index in [0.29, 0.717) is 0 Å². The minimum atomic E-state index is -3.14. The lowest BCUT2D eigenvalue weighted by Gasteiger charge is -2.48. The minimum Gasteiger partial charge on any atom is -0.309 e. The maximum absolute atomic E-state index is 3.14. The lowest BCUT2D eigenvalue weighted by atomic mass is 9.81. The van der Waals surface area contributed by atoms with Gasteiger partial charge >= 0.3 is 0 Å². The van der Waals surface area contributed by atoms with Gasteiger partial charge in [-0.3, -0.25) is 0 Å². The van der Waals surface area contributed by atoms with E-state index in [1.165, 1.54) is 140 Å². The van der Waals surface area contributed by atoms with E-state index in [1.54, 1.807) is 26.7 Å². The van der Waals surface area contributed by atoms with E-state index < -0.39 is 24.2 Å². The summed E-state index contributed by atoms with van der Waals surface area (Å²) in [5.41, 5.74) is 7.56. The first-order chi connectivity index (χ1) is 32.6. The average molecular weight is 941 g/mol. The topological polar surface area (TPSA) is 4.93 Å². The molecule has 4 aliphatic heterocycles. The Hall–Kier alpha value is -4.79. The predicted molar refractivity (Wildman–Crippen MR) is 300 cm³/mol. The first kappa shape index (κ1) is 42.3. The Morgan fingerprint density at radius 2 is 0.940 bits per heavy atom. The smallest absolute Gasteiger partial charge is 0.181 e. The van der Waals surface area contributed by atoms with Gasteiger partial charge in [-0.2, -0.15) is 0 Å². The third kappa shape index (κ3) is 6.32. The lowest BCUT2D eigenvalue weighted by Crippen LogP contribution is -2.76. The molecule has 0 saturated carbocycles. The number of fused-ring (bicyclic) bond motifs is 10. The Bertz CT molecular complexity index is 3270. The average Bonchev–Trinajstić information content (AvgIpc) is 3.92. The number of rotatable bonds is 5. The van der Waals surface area contributed by atoms with Gasteiger partial charge in [-0.1, -0.05) is 234 Å². The summed E-state index contributed by atoms with van der Waals surface area (Å²) in [6.07, 6.45) is 11.1. The van der Waals surface area contributed by atoms with E-state index >= 15 is 0 Å². The number of thiophene rings is 1. The first-order valence-corrected chi connectivity index (χ1v) is 34.0. The van der Waals surface area contributed by atoms with Gasteiger partial charge in [-0.15, -0.1) is 11.3 Å². The van der Waals surface area contributed by atoms with Crippen LogP contribution in [0, 0.1) is 0 Å². The molecule has 0 N–H and O–H groups in total. The fourth-order valence-electron chi connectivity index (χ4n) is 14.8. The van der Waals surface area contributed by atoms with Gasteiger partial charge in [0, 0.05) is 36.6 Å². The molecule has 0 aliphatic carbocycles. The van der Waals surface area contributed by atoms with Crippen LogP contribution in [0.15, 0.2) is 152 Å². The maximum Gasteiger partial charge on any atom is 0.181 e. The third-order valence-electron chi connectivity index (χ3n) is 18.5. The van der Waals surface area contributed by atoms with E-state index in [2.05, 4.69) is 195 Å². The van der Waals surface area contributed by atoms with Gasteiger partial charge in [-0.25, -0.2) is 0 Å². The zero-order valence-electron chi connectivity index (χ0n) is 40.2. The molecule has 67 heavy (non-hydrogen) atoms. The van der Waals surface area contributed by atoms with Crippen LogP contribution in [0.1, 0.15) is 90.2 Å². The fourth-order valence-corrected chi connectivity index (χ4v) is 33.7. The van der Waals surface area contributed by atoms with Crippen LogP contribution in [0.4, 0.5) is 0 Å². The van der Waals surface area contributed by atoms with Crippen molar-refractivity contribution < 1.29 is 0 Å². The number of nitrogens with zero attached hydrogens (tertiary/aromatic N) is 1. The number of hydrogen-bond donors (Lipinski definition) is 0. The summed E-state index contributed by atoms with van der Waals surface area (Å²) in [5, 5.41) is 15.4. The van der Waals surface area contributed by atoms with Crippen LogP contribution >= 0.6 is 11.3 Å². The van der Waals surface area contributed by atoms with Gasteiger partial charge in [0.2, 0.25) is 0 Å². The zero-order chi connectivity index (χ0) is 45.2. The number of aromatic nitrogens is 1. The zero-order valence-corrected chi connectivity index (χ0v) is 44.0. The summed E-state index contributed by atoms with van der Waals surface area (Å²) >= 11 is 2.05. The van der Waals surface area contributed by atoms with Crippen molar-refractivity contribution in [3.05, 3.63) is 163 Å². The van der Waals surface area contributed by atoms with Gasteiger partial charge in [0.05, 0.1) is 27.2 Å². The fraction of sp³-hybridized carbons (Fsp3) is 0.323. The molecule has 0 bridgehead atoms. The van der Waals surface area contributed by atoms with Gasteiger partial charge in [-0.05, 0) is 85.9 Å². The van der Waals surface area contributed by atoms with E-state index in [-0.39, 0.29) is 10.8 Å². The monoisotopic (exact) mass is 939 g/mol. The summed E-state index contributed by atoms with van der Waals surface area (Å²) in [4.78, 5) is 0. The second-order valence-corrected chi connectivity index (χ2v) is 36.9. The van der Waals surface area contributed by atoms with Gasteiger partial charge in [0.25, 0.3) is 0 Å². The molecule has 4 aliphatic rings. The van der Waals surface area contributed by atoms with Crippen LogP contribution in [0.2, 0.25) is 36.3 Å². The first-order valence-electron chi connectivity index (χ1n) is 25.9. The van der Waals surface area contributed by atoms with Crippen molar-refractivity contribution in [1.82, 2.24) is 4.57 Å². The van der Waals surface area contributed by atoms with E-state index in [4.69, 9.17) is 0 Å². The molecule has 2 spiro atoms. The summed E-state index contributed by atoms with van der Waals surface area (Å²) in [5.74, 6) is 0. The highest BCUT2D eigenvalue weighted by Crippen LogP contribution is 2.45. The SMILES string of the molecule is CC1(C)CC[Si]2(CCCCC2)c2cc([Si](c3cccc(-n4c5ccccc5c5ccccc54)c3)(c3ccc4c(c3)[Si]3(CCCCC3)CCC4(C)C)c3cccc4c3sc3ccccc34)ccc21. The Labute approximate surface area is 405 Å². The van der Waals surface area contributed by atoms with Crippen LogP contribution < -0.4 is 31.1 Å². The highest BCUT2D eigenvalue weighted by molar-refractivity contribution is 7.30. The van der Waals surface area contributed by atoms with Crippen molar-refractivity contribution in [2.45, 2.75) is 126 Å². The van der Waals surface area contributed by atoms with Crippen molar-refractivity contribution in [3.63, 3.8) is 0 Å². The van der Waals surface area contributed by atoms with Crippen LogP contribution in [-0.2, 0) is 10.8 Å². The lowest BCUT2D eigenvalue weighted by molar-refractivity contribution is 0.493. The summed E-state index contributed by atoms with van der Waals surface area (Å²) in [6, 6.07) is 70.5. The molecule has 0 atom stereocenters. The molecule has 2 saturated heterocycles. The summed E-state index contributed by atoms with van der Waals surface area (Å²) < 4.78 is 5.46. The number of benzene rings is 7. The highest BCUT2D eigenvalue weighted by atomic mass is 32.1. The molecular weight excluding hydrogens is 875 g/mol. The summed E-state index contributed by atoms with van der Waals surface area (Å²) in [7, 11) is -6.61. The van der Waals surface area contributed by atoms with Crippen molar-refractivity contribution in [2.75, 3.05) is 0 Å². The normalized spacial score (nSPS) is 19.6. The maximum atomic E-state index is 2.94. The molecular formula is C62H65NSSi3. The van der Waals surface area contributed by atoms with Crippen LogP contribution in [-0.4, -0.2) is 28.8 Å². The minimum absolute atomic E-state index is 0.187. The molecule has 13 rings (SSSR count). The largest absolute Gasteiger partial charge is 0.309 e. The predicted octanol–water partition coefficient (Wildman–Crippen LogP) is 13.6. The quantitative estimate of drug-likeness (QED) is 0.120. The molecule has 0 amide bonds. The molecule has 7 aromatic carbocycles. The van der Waals surface area contributed by atoms with Crippen molar-refractivity contribution in [3.8, 4) is 5.69 Å². The third-order valence-corrected chi connectivity index (χ3v) is 35.4. The van der Waals surface area contributed by atoms with Crippen LogP contribution in [0.25, 0.3) is 47.7 Å². The van der Waals surface area contributed by atoms with E-state index in [1.807, 2.05) is 10.4 Å². The van der Waals surface area contributed by atoms with E-state index in [9.17, 15) is 0 Å². The molecule has 9 aromatic rings. The second-order valence-electron chi connectivity index (χ2n) is 22.9. The molecule has 0 unspecified atom stereocenters. The second kappa shape index (κ2) is 15.6. The Morgan fingerprint density at radius 1 is 0.448 bits per heavy atom. The van der Waals surface area contributed by atoms with Gasteiger partial charge in [0.15, 0.2) is 8.07 Å². The molecule has 336 valence electrons. The van der Waals surface area contributed by atoms with Gasteiger partial charge < -0.3 is 4.57 Å². The van der Waals surface area contributed by atoms with Crippen molar-refractivity contribution >= 4 is 109 Å². The highest BCUT2D eigenvalue weighted by Gasteiger charge is 2.51. The van der Waals surface area contributed by atoms with Crippen molar-refractivity contribution in [1.29, 1.82) is 0 Å². The number of hydrogen-bond acceptors (Lipinski definition) is 1. The Kier molecular flexibility index (Phi) is 9.86. The molecule has 1 nitrogen and oxygen atoms in total. The Balaban J connectivity index is 1.19. The molecule has 2 aromatic heterocycles.